The number of aromatic nitrogens is 2. The number of hydrogen-bond acceptors (Lipinski definition) is 1. The summed E-state index contributed by atoms with van der Waals surface area (Å²) in [6, 6.07) is 10.3. The Balaban J connectivity index is 2.61. The molecule has 14 heavy (non-hydrogen) atoms. The Morgan fingerprint density at radius 2 is 1.93 bits per heavy atom. The van der Waals surface area contributed by atoms with Gasteiger partial charge in [0.25, 0.3) is 0 Å². The fraction of sp³-hybridized carbons (Fsp3) is 0. The maximum absolute atomic E-state index is 4.42. The summed E-state index contributed by atoms with van der Waals surface area (Å²) in [5.41, 5.74) is 3.37. The Hall–Kier alpha value is -1.10. The van der Waals surface area contributed by atoms with E-state index in [1.54, 1.807) is 0 Å². The van der Waals surface area contributed by atoms with Crippen LogP contribution in [-0.2, 0) is 0 Å². The molecule has 0 unspecified atom stereocenters. The Labute approximate surface area is 94.7 Å². The largest absolute Gasteiger partial charge is 0.313 e. The first-order chi connectivity index (χ1) is 6.86. The summed E-state index contributed by atoms with van der Waals surface area (Å²) in [6.07, 6.45) is 4.01. The molecule has 3 aromatic rings. The van der Waals surface area contributed by atoms with Gasteiger partial charge in [0.15, 0.2) is 0 Å². The Kier molecular flexibility index (Phi) is 1.73. The highest BCUT2D eigenvalue weighted by Gasteiger charge is 2.02. The molecule has 3 heteroatoms. The van der Waals surface area contributed by atoms with Crippen molar-refractivity contribution < 1.29 is 0 Å². The number of benzene rings is 1. The third-order valence-electron chi connectivity index (χ3n) is 2.34. The average Bonchev–Trinajstić information content (AvgIpc) is 2.61. The predicted molar refractivity (Wildman–Crippen MR) is 65.4 cm³/mol. The molecule has 0 fully saturated rings. The minimum absolute atomic E-state index is 1.03. The van der Waals surface area contributed by atoms with E-state index in [1.807, 2.05) is 24.4 Å². The molecule has 0 aliphatic heterocycles. The zero-order chi connectivity index (χ0) is 9.54. The smallest absolute Gasteiger partial charge is 0.0870 e. The molecule has 2 nitrogen and oxygen atoms in total. The van der Waals surface area contributed by atoms with Gasteiger partial charge in [-0.25, -0.2) is 0 Å². The number of nitrogens with zero attached hydrogens (tertiary/aromatic N) is 2. The molecule has 0 saturated heterocycles. The van der Waals surface area contributed by atoms with Crippen LogP contribution in [0, 0.1) is 3.57 Å². The van der Waals surface area contributed by atoms with Gasteiger partial charge < -0.3 is 4.40 Å². The summed E-state index contributed by atoms with van der Waals surface area (Å²) >= 11 is 2.33. The van der Waals surface area contributed by atoms with Crippen LogP contribution in [0.4, 0.5) is 0 Å². The van der Waals surface area contributed by atoms with Crippen molar-refractivity contribution in [3.05, 3.63) is 46.3 Å². The molecule has 0 N–H and O–H groups in total. The normalized spacial score (nSPS) is 11.2. The molecule has 1 aromatic carbocycles. The Morgan fingerprint density at radius 1 is 1.07 bits per heavy atom. The minimum Gasteiger partial charge on any atom is -0.313 e. The minimum atomic E-state index is 1.03. The van der Waals surface area contributed by atoms with Crippen LogP contribution >= 0.6 is 22.6 Å². The van der Waals surface area contributed by atoms with Crippen LogP contribution in [0.25, 0.3) is 16.6 Å². The summed E-state index contributed by atoms with van der Waals surface area (Å²) < 4.78 is 3.41. The van der Waals surface area contributed by atoms with Crippen molar-refractivity contribution in [2.24, 2.45) is 0 Å². The van der Waals surface area contributed by atoms with Crippen LogP contribution in [0.5, 0.6) is 0 Å². The quantitative estimate of drug-likeness (QED) is 0.582. The number of fused-ring (bicyclic) bond motifs is 3. The van der Waals surface area contributed by atoms with E-state index >= 15 is 0 Å². The van der Waals surface area contributed by atoms with Gasteiger partial charge in [0.05, 0.1) is 22.7 Å². The molecule has 0 aliphatic carbocycles. The van der Waals surface area contributed by atoms with Crippen molar-refractivity contribution in [1.82, 2.24) is 9.38 Å². The van der Waals surface area contributed by atoms with Crippen LogP contribution in [0.3, 0.4) is 0 Å². The second kappa shape index (κ2) is 2.95. The standard InChI is InChI=1S/C11H7IN2/c12-8-5-6-14-10-4-2-1-3-9(10)13-7-11(8)14/h1-7H. The van der Waals surface area contributed by atoms with E-state index in [-0.39, 0.29) is 0 Å². The number of hydrogen-bond donors (Lipinski definition) is 0. The van der Waals surface area contributed by atoms with Gasteiger partial charge in [-0.2, -0.15) is 0 Å². The Bertz CT molecular complexity index is 613. The van der Waals surface area contributed by atoms with Crippen LogP contribution in [0.15, 0.2) is 42.7 Å². The number of halogens is 1. The summed E-state index contributed by atoms with van der Waals surface area (Å²) in [5, 5.41) is 0. The van der Waals surface area contributed by atoms with E-state index < -0.39 is 0 Å². The molecule has 0 radical (unpaired) electrons. The fourth-order valence-corrected chi connectivity index (χ4v) is 2.22. The topological polar surface area (TPSA) is 17.3 Å². The second-order valence-corrected chi connectivity index (χ2v) is 4.33. The lowest BCUT2D eigenvalue weighted by atomic mass is 10.3. The second-order valence-electron chi connectivity index (χ2n) is 3.17. The maximum atomic E-state index is 4.42. The summed E-state index contributed by atoms with van der Waals surface area (Å²) in [4.78, 5) is 4.42. The lowest BCUT2D eigenvalue weighted by Crippen LogP contribution is -1.88. The Morgan fingerprint density at radius 3 is 2.86 bits per heavy atom. The van der Waals surface area contributed by atoms with Crippen LogP contribution in [-0.4, -0.2) is 9.38 Å². The third kappa shape index (κ3) is 1.05. The van der Waals surface area contributed by atoms with Gasteiger partial charge in [-0.15, -0.1) is 0 Å². The molecule has 0 saturated carbocycles. The van der Waals surface area contributed by atoms with E-state index in [2.05, 4.69) is 50.3 Å². The molecule has 0 amide bonds. The van der Waals surface area contributed by atoms with Crippen molar-refractivity contribution in [2.75, 3.05) is 0 Å². The third-order valence-corrected chi connectivity index (χ3v) is 3.25. The summed E-state index contributed by atoms with van der Waals surface area (Å²) in [6.45, 7) is 0. The fourth-order valence-electron chi connectivity index (χ4n) is 1.66. The van der Waals surface area contributed by atoms with Crippen molar-refractivity contribution >= 4 is 39.1 Å². The van der Waals surface area contributed by atoms with Gasteiger partial charge in [0, 0.05) is 9.77 Å². The van der Waals surface area contributed by atoms with Gasteiger partial charge in [-0.3, -0.25) is 4.98 Å². The highest BCUT2D eigenvalue weighted by atomic mass is 127. The van der Waals surface area contributed by atoms with Crippen molar-refractivity contribution in [2.45, 2.75) is 0 Å². The van der Waals surface area contributed by atoms with Gasteiger partial charge in [-0.1, -0.05) is 12.1 Å². The van der Waals surface area contributed by atoms with Gasteiger partial charge >= 0.3 is 0 Å². The average molecular weight is 294 g/mol. The monoisotopic (exact) mass is 294 g/mol. The van der Waals surface area contributed by atoms with Crippen LogP contribution in [0.2, 0.25) is 0 Å². The molecule has 0 aliphatic rings. The van der Waals surface area contributed by atoms with E-state index in [1.165, 1.54) is 9.09 Å². The van der Waals surface area contributed by atoms with E-state index in [0.29, 0.717) is 0 Å². The number of para-hydroxylation sites is 2. The highest BCUT2D eigenvalue weighted by Crippen LogP contribution is 2.19. The first-order valence-corrected chi connectivity index (χ1v) is 5.44. The zero-order valence-electron chi connectivity index (χ0n) is 7.31. The predicted octanol–water partition coefficient (Wildman–Crippen LogP) is 3.09. The molecule has 2 aromatic heterocycles. The van der Waals surface area contributed by atoms with Crippen LogP contribution in [0.1, 0.15) is 0 Å². The lowest BCUT2D eigenvalue weighted by Gasteiger charge is -2.01. The van der Waals surface area contributed by atoms with Crippen LogP contribution < -0.4 is 0 Å². The molecular formula is C11H7IN2. The summed E-state index contributed by atoms with van der Waals surface area (Å²) in [7, 11) is 0. The van der Waals surface area contributed by atoms with Crippen molar-refractivity contribution in [1.29, 1.82) is 0 Å². The van der Waals surface area contributed by atoms with Crippen molar-refractivity contribution in [3.63, 3.8) is 0 Å². The molecule has 0 spiro atoms. The molecule has 3 rings (SSSR count). The van der Waals surface area contributed by atoms with Crippen molar-refractivity contribution in [3.8, 4) is 0 Å². The van der Waals surface area contributed by atoms with Gasteiger partial charge in [0.1, 0.15) is 0 Å². The number of rotatable bonds is 0. The van der Waals surface area contributed by atoms with Gasteiger partial charge in [-0.05, 0) is 40.8 Å². The molecule has 0 bridgehead atoms. The maximum Gasteiger partial charge on any atom is 0.0870 e. The molecular weight excluding hydrogens is 287 g/mol. The molecule has 68 valence electrons. The first-order valence-electron chi connectivity index (χ1n) is 4.36. The molecule has 2 heterocycles. The highest BCUT2D eigenvalue weighted by molar-refractivity contribution is 14.1. The van der Waals surface area contributed by atoms with E-state index in [0.717, 1.165) is 11.0 Å². The summed E-state index contributed by atoms with van der Waals surface area (Å²) in [5.74, 6) is 0. The van der Waals surface area contributed by atoms with Gasteiger partial charge in [0.2, 0.25) is 0 Å². The SMILES string of the molecule is Ic1ccn2c1cnc1ccccc12. The zero-order valence-corrected chi connectivity index (χ0v) is 9.47. The first kappa shape index (κ1) is 8.23. The molecule has 0 atom stereocenters. The van der Waals surface area contributed by atoms with E-state index in [9.17, 15) is 0 Å². The van der Waals surface area contributed by atoms with E-state index in [4.69, 9.17) is 0 Å². The lowest BCUT2D eigenvalue weighted by molar-refractivity contribution is 1.23.